The number of hydrogen-bond acceptors (Lipinski definition) is 3. The molecule has 0 aliphatic heterocycles. The molecule has 24 heavy (non-hydrogen) atoms. The van der Waals surface area contributed by atoms with Crippen molar-refractivity contribution in [1.29, 1.82) is 0 Å². The van der Waals surface area contributed by atoms with Crippen molar-refractivity contribution in [3.63, 3.8) is 0 Å². The van der Waals surface area contributed by atoms with Crippen LogP contribution in [-0.2, 0) is 11.4 Å². The lowest BCUT2D eigenvalue weighted by Gasteiger charge is -2.19. The number of carbonyl (C=O) groups excluding carboxylic acids is 1. The number of benzene rings is 2. The third-order valence-corrected chi connectivity index (χ3v) is 4.25. The number of rotatable bonds is 7. The fraction of sp³-hybridized carbons (Fsp3) is 0.350. The molecule has 4 nitrogen and oxygen atoms in total. The lowest BCUT2D eigenvalue weighted by Crippen LogP contribution is -2.32. The maximum atomic E-state index is 12.5. The third kappa shape index (κ3) is 4.59. The largest absolute Gasteiger partial charge is 0.392 e. The Balaban J connectivity index is 2.06. The summed E-state index contributed by atoms with van der Waals surface area (Å²) < 4.78 is 0. The summed E-state index contributed by atoms with van der Waals surface area (Å²) in [5.41, 5.74) is 3.66. The van der Waals surface area contributed by atoms with Gasteiger partial charge in [-0.3, -0.25) is 4.79 Å². The predicted octanol–water partition coefficient (Wildman–Crippen LogP) is 4.13. The Kier molecular flexibility index (Phi) is 6.38. The van der Waals surface area contributed by atoms with Crippen molar-refractivity contribution in [3.05, 3.63) is 59.7 Å². The molecule has 0 fully saturated rings. The topological polar surface area (TPSA) is 61.4 Å². The van der Waals surface area contributed by atoms with Gasteiger partial charge in [0.25, 0.3) is 0 Å². The number of aliphatic hydroxyl groups excluding tert-OH is 1. The zero-order valence-corrected chi connectivity index (χ0v) is 14.5. The lowest BCUT2D eigenvalue weighted by molar-refractivity contribution is -0.116. The van der Waals surface area contributed by atoms with Gasteiger partial charge in [0.2, 0.25) is 5.91 Å². The molecule has 0 spiro atoms. The first-order valence-electron chi connectivity index (χ1n) is 8.41. The molecule has 3 N–H and O–H groups in total. The summed E-state index contributed by atoms with van der Waals surface area (Å²) in [6, 6.07) is 15.0. The van der Waals surface area contributed by atoms with Crippen molar-refractivity contribution in [3.8, 4) is 0 Å². The Hall–Kier alpha value is -2.33. The van der Waals surface area contributed by atoms with E-state index in [1.165, 1.54) is 0 Å². The maximum Gasteiger partial charge on any atom is 0.246 e. The predicted molar refractivity (Wildman–Crippen MR) is 99.2 cm³/mol. The molecule has 0 saturated heterocycles. The Morgan fingerprint density at radius 1 is 1.12 bits per heavy atom. The van der Waals surface area contributed by atoms with Crippen LogP contribution in [0.2, 0.25) is 0 Å². The molecule has 0 aromatic heterocycles. The van der Waals surface area contributed by atoms with E-state index in [-0.39, 0.29) is 18.6 Å². The molecule has 128 valence electrons. The molecule has 0 saturated carbocycles. The minimum atomic E-state index is -0.385. The van der Waals surface area contributed by atoms with Crippen molar-refractivity contribution >= 4 is 17.3 Å². The zero-order valence-electron chi connectivity index (χ0n) is 14.5. The van der Waals surface area contributed by atoms with Gasteiger partial charge in [0.1, 0.15) is 6.04 Å². The molecule has 0 aliphatic rings. The van der Waals surface area contributed by atoms with E-state index >= 15 is 0 Å². The van der Waals surface area contributed by atoms with Crippen LogP contribution >= 0.6 is 0 Å². The number of anilines is 2. The average molecular weight is 326 g/mol. The van der Waals surface area contributed by atoms with Gasteiger partial charge >= 0.3 is 0 Å². The first kappa shape index (κ1) is 18.0. The van der Waals surface area contributed by atoms with Crippen molar-refractivity contribution in [1.82, 2.24) is 0 Å². The van der Waals surface area contributed by atoms with Crippen molar-refractivity contribution in [2.24, 2.45) is 0 Å². The summed E-state index contributed by atoms with van der Waals surface area (Å²) in [5, 5.41) is 15.4. The second-order valence-electron chi connectivity index (χ2n) is 6.11. The normalized spacial score (nSPS) is 13.2. The molecule has 2 aromatic carbocycles. The molecule has 0 heterocycles. The second-order valence-corrected chi connectivity index (χ2v) is 6.11. The van der Waals surface area contributed by atoms with Gasteiger partial charge in [-0.15, -0.1) is 0 Å². The lowest BCUT2D eigenvalue weighted by atomic mass is 9.97. The highest BCUT2D eigenvalue weighted by atomic mass is 16.3. The van der Waals surface area contributed by atoms with E-state index in [1.54, 1.807) is 0 Å². The maximum absolute atomic E-state index is 12.5. The highest BCUT2D eigenvalue weighted by Crippen LogP contribution is 2.26. The van der Waals surface area contributed by atoms with E-state index in [2.05, 4.69) is 30.5 Å². The zero-order chi connectivity index (χ0) is 17.5. The SMILES string of the molecule is CC[C@@H](C)c1ccccc1NC(=O)[C@H](C)Nc1cccc(CO)c1. The van der Waals surface area contributed by atoms with E-state index in [9.17, 15) is 9.90 Å². The van der Waals surface area contributed by atoms with Gasteiger partial charge in [-0.25, -0.2) is 0 Å². The first-order chi connectivity index (χ1) is 11.5. The number of amides is 1. The quantitative estimate of drug-likeness (QED) is 0.717. The highest BCUT2D eigenvalue weighted by Gasteiger charge is 2.16. The summed E-state index contributed by atoms with van der Waals surface area (Å²) >= 11 is 0. The molecular weight excluding hydrogens is 300 g/mol. The van der Waals surface area contributed by atoms with Gasteiger partial charge in [0.15, 0.2) is 0 Å². The molecule has 2 aromatic rings. The van der Waals surface area contributed by atoms with Crippen molar-refractivity contribution in [2.75, 3.05) is 10.6 Å². The van der Waals surface area contributed by atoms with Gasteiger partial charge in [-0.2, -0.15) is 0 Å². The summed E-state index contributed by atoms with van der Waals surface area (Å²) in [6.07, 6.45) is 1.02. The smallest absolute Gasteiger partial charge is 0.246 e. The van der Waals surface area contributed by atoms with Gasteiger partial charge in [0.05, 0.1) is 6.61 Å². The van der Waals surface area contributed by atoms with Gasteiger partial charge < -0.3 is 15.7 Å². The molecule has 0 aliphatic carbocycles. The molecule has 2 atom stereocenters. The Morgan fingerprint density at radius 2 is 1.88 bits per heavy atom. The number of carbonyl (C=O) groups is 1. The average Bonchev–Trinajstić information content (AvgIpc) is 2.61. The van der Waals surface area contributed by atoms with Crippen LogP contribution in [-0.4, -0.2) is 17.1 Å². The van der Waals surface area contributed by atoms with E-state index in [0.29, 0.717) is 5.92 Å². The van der Waals surface area contributed by atoms with Crippen molar-refractivity contribution in [2.45, 2.75) is 45.8 Å². The van der Waals surface area contributed by atoms with Crippen molar-refractivity contribution < 1.29 is 9.90 Å². The summed E-state index contributed by atoms with van der Waals surface area (Å²) in [5.74, 6) is 0.311. The molecule has 2 rings (SSSR count). The van der Waals surface area contributed by atoms with Crippen LogP contribution in [0.1, 0.15) is 44.2 Å². The van der Waals surface area contributed by atoms with Crippen LogP contribution in [0.15, 0.2) is 48.5 Å². The molecular formula is C20H26N2O2. The Bertz CT molecular complexity index is 685. The monoisotopic (exact) mass is 326 g/mol. The summed E-state index contributed by atoms with van der Waals surface area (Å²) in [6.45, 7) is 6.11. The molecule has 0 radical (unpaired) electrons. The standard InChI is InChI=1S/C20H26N2O2/c1-4-14(2)18-10-5-6-11-19(18)22-20(24)15(3)21-17-9-7-8-16(12-17)13-23/h5-12,14-15,21,23H,4,13H2,1-3H3,(H,22,24)/t14-,15+/m1/s1. The van der Waals surface area contributed by atoms with Gasteiger partial charge in [0, 0.05) is 11.4 Å². The third-order valence-electron chi connectivity index (χ3n) is 4.25. The molecule has 0 unspecified atom stereocenters. The summed E-state index contributed by atoms with van der Waals surface area (Å²) in [4.78, 5) is 12.5. The number of para-hydroxylation sites is 1. The first-order valence-corrected chi connectivity index (χ1v) is 8.41. The van der Waals surface area contributed by atoms with Crippen LogP contribution in [0.5, 0.6) is 0 Å². The number of hydrogen-bond donors (Lipinski definition) is 3. The van der Waals surface area contributed by atoms with Gasteiger partial charge in [-0.05, 0) is 48.6 Å². The van der Waals surface area contributed by atoms with E-state index in [4.69, 9.17) is 0 Å². The fourth-order valence-electron chi connectivity index (χ4n) is 2.58. The van der Waals surface area contributed by atoms with Crippen LogP contribution in [0.25, 0.3) is 0 Å². The molecule has 4 heteroatoms. The molecule has 1 amide bonds. The Morgan fingerprint density at radius 3 is 2.58 bits per heavy atom. The van der Waals surface area contributed by atoms with E-state index in [1.807, 2.05) is 49.4 Å². The summed E-state index contributed by atoms with van der Waals surface area (Å²) in [7, 11) is 0. The number of nitrogens with one attached hydrogen (secondary N) is 2. The van der Waals surface area contributed by atoms with Crippen LogP contribution in [0.4, 0.5) is 11.4 Å². The van der Waals surface area contributed by atoms with Gasteiger partial charge in [-0.1, -0.05) is 44.2 Å². The second kappa shape index (κ2) is 8.50. The van der Waals surface area contributed by atoms with Crippen LogP contribution in [0.3, 0.4) is 0 Å². The number of aliphatic hydroxyl groups is 1. The fourth-order valence-corrected chi connectivity index (χ4v) is 2.58. The minimum Gasteiger partial charge on any atom is -0.392 e. The highest BCUT2D eigenvalue weighted by molar-refractivity contribution is 5.96. The minimum absolute atomic E-state index is 0.0155. The van der Waals surface area contributed by atoms with Crippen LogP contribution in [0, 0.1) is 0 Å². The van der Waals surface area contributed by atoms with E-state index in [0.717, 1.165) is 28.9 Å². The Labute approximate surface area is 143 Å². The van der Waals surface area contributed by atoms with E-state index < -0.39 is 0 Å². The molecule has 0 bridgehead atoms. The van der Waals surface area contributed by atoms with Crippen LogP contribution < -0.4 is 10.6 Å².